The molecular weight excluding hydrogens is 431 g/mol. The number of carbonyl (C=O) groups is 2. The lowest BCUT2D eigenvalue weighted by atomic mass is 10.1. The normalized spacial score (nSPS) is 18.7. The molecule has 1 aliphatic rings. The highest BCUT2D eigenvalue weighted by molar-refractivity contribution is 5.90. The zero-order valence-electron chi connectivity index (χ0n) is 16.5. The number of amides is 2. The number of rotatable bonds is 5. The lowest BCUT2D eigenvalue weighted by Crippen LogP contribution is -2.39. The van der Waals surface area contributed by atoms with Gasteiger partial charge in [-0.3, -0.25) is 9.48 Å². The highest BCUT2D eigenvalue weighted by Gasteiger charge is 2.37. The van der Waals surface area contributed by atoms with Crippen LogP contribution in [0.1, 0.15) is 22.7 Å². The molecule has 2 N–H and O–H groups in total. The molecule has 3 aromatic rings. The minimum absolute atomic E-state index is 0.0105. The van der Waals surface area contributed by atoms with Gasteiger partial charge in [0.2, 0.25) is 0 Å². The fourth-order valence-electron chi connectivity index (χ4n) is 3.66. The first-order chi connectivity index (χ1) is 15.2. The summed E-state index contributed by atoms with van der Waals surface area (Å²) in [4.78, 5) is 29.2. The quantitative estimate of drug-likeness (QED) is 0.619. The molecule has 12 heteroatoms. The molecule has 0 spiro atoms. The van der Waals surface area contributed by atoms with Gasteiger partial charge >= 0.3 is 18.2 Å². The van der Waals surface area contributed by atoms with Crippen LogP contribution in [0, 0.1) is 0 Å². The monoisotopic (exact) mass is 449 g/mol. The number of carbonyl (C=O) groups excluding carboxylic acids is 1. The average molecular weight is 449 g/mol. The van der Waals surface area contributed by atoms with Crippen molar-refractivity contribution >= 4 is 12.0 Å². The number of nitrogens with zero attached hydrogens (tertiary/aromatic N) is 4. The highest BCUT2D eigenvalue weighted by atomic mass is 19.4. The average Bonchev–Trinajstić information content (AvgIpc) is 3.49. The predicted octanol–water partition coefficient (Wildman–Crippen LogP) is 3.11. The van der Waals surface area contributed by atoms with Crippen molar-refractivity contribution in [2.75, 3.05) is 6.54 Å². The second-order valence-corrected chi connectivity index (χ2v) is 7.33. The lowest BCUT2D eigenvalue weighted by molar-refractivity contribution is -0.137. The summed E-state index contributed by atoms with van der Waals surface area (Å²) in [6, 6.07) is 5.35. The summed E-state index contributed by atoms with van der Waals surface area (Å²) < 4.78 is 45.7. The van der Waals surface area contributed by atoms with E-state index < -0.39 is 29.8 Å². The molecule has 0 bridgehead atoms. The van der Waals surface area contributed by atoms with Gasteiger partial charge in [-0.25, -0.2) is 9.78 Å². The minimum atomic E-state index is -4.51. The summed E-state index contributed by atoms with van der Waals surface area (Å²) >= 11 is 0. The van der Waals surface area contributed by atoms with E-state index in [4.69, 9.17) is 4.42 Å². The minimum Gasteiger partial charge on any atom is -0.465 e. The van der Waals surface area contributed by atoms with Crippen molar-refractivity contribution in [1.82, 2.24) is 25.0 Å². The number of aromatic nitrogens is 3. The van der Waals surface area contributed by atoms with Gasteiger partial charge in [0, 0.05) is 30.5 Å². The Hall–Kier alpha value is -3.83. The molecule has 3 heterocycles. The third kappa shape index (κ3) is 4.58. The van der Waals surface area contributed by atoms with Gasteiger partial charge in [-0.1, -0.05) is 12.1 Å². The number of benzene rings is 1. The summed E-state index contributed by atoms with van der Waals surface area (Å²) in [5, 5.41) is 16.2. The summed E-state index contributed by atoms with van der Waals surface area (Å²) in [6.45, 7) is 0.415. The Morgan fingerprint density at radius 1 is 1.28 bits per heavy atom. The molecule has 2 atom stereocenters. The maximum atomic E-state index is 12.9. The Kier molecular flexibility index (Phi) is 5.59. The molecule has 9 nitrogen and oxygen atoms in total. The summed E-state index contributed by atoms with van der Waals surface area (Å²) in [5.41, 5.74) is -0.719. The van der Waals surface area contributed by atoms with Crippen molar-refractivity contribution in [3.05, 3.63) is 60.4 Å². The van der Waals surface area contributed by atoms with Crippen molar-refractivity contribution in [2.24, 2.45) is 0 Å². The zero-order chi connectivity index (χ0) is 22.9. The number of hydrogen-bond donors (Lipinski definition) is 2. The predicted molar refractivity (Wildman–Crippen MR) is 104 cm³/mol. The summed E-state index contributed by atoms with van der Waals surface area (Å²) in [6.07, 6.45) is -0.788. The van der Waals surface area contributed by atoms with E-state index in [0.29, 0.717) is 13.0 Å². The van der Waals surface area contributed by atoms with E-state index in [1.807, 2.05) is 0 Å². The first-order valence-electron chi connectivity index (χ1n) is 9.62. The Morgan fingerprint density at radius 2 is 2.09 bits per heavy atom. The van der Waals surface area contributed by atoms with E-state index in [2.05, 4.69) is 15.4 Å². The maximum absolute atomic E-state index is 12.9. The third-order valence-corrected chi connectivity index (χ3v) is 5.13. The third-order valence-electron chi connectivity index (χ3n) is 5.13. The van der Waals surface area contributed by atoms with Gasteiger partial charge in [0.1, 0.15) is 0 Å². The van der Waals surface area contributed by atoms with Crippen molar-refractivity contribution in [3.8, 4) is 11.3 Å². The van der Waals surface area contributed by atoms with E-state index in [1.54, 1.807) is 23.1 Å². The number of alkyl halides is 3. The van der Waals surface area contributed by atoms with Crippen molar-refractivity contribution in [2.45, 2.75) is 31.2 Å². The van der Waals surface area contributed by atoms with Crippen LogP contribution in [-0.4, -0.2) is 55.4 Å². The molecule has 4 rings (SSSR count). The maximum Gasteiger partial charge on any atom is 0.416 e. The van der Waals surface area contributed by atoms with Crippen molar-refractivity contribution in [3.63, 3.8) is 0 Å². The number of likely N-dealkylation sites (tertiary alicyclic amines) is 1. The van der Waals surface area contributed by atoms with Crippen molar-refractivity contribution < 1.29 is 32.3 Å². The largest absolute Gasteiger partial charge is 0.465 e. The van der Waals surface area contributed by atoms with Crippen LogP contribution in [0.4, 0.5) is 18.0 Å². The fourth-order valence-corrected chi connectivity index (χ4v) is 3.66. The molecule has 1 aliphatic heterocycles. The van der Waals surface area contributed by atoms with Gasteiger partial charge in [-0.05, 0) is 24.6 Å². The van der Waals surface area contributed by atoms with Gasteiger partial charge in [-0.15, -0.1) is 0 Å². The molecule has 1 saturated heterocycles. The highest BCUT2D eigenvalue weighted by Crippen LogP contribution is 2.32. The van der Waals surface area contributed by atoms with E-state index in [0.717, 1.165) is 12.1 Å². The number of oxazole rings is 1. The van der Waals surface area contributed by atoms with Gasteiger partial charge in [-0.2, -0.15) is 18.3 Å². The Labute approximate surface area is 179 Å². The van der Waals surface area contributed by atoms with Crippen LogP contribution in [0.2, 0.25) is 0 Å². The molecule has 1 aromatic carbocycles. The first kappa shape index (κ1) is 21.4. The molecule has 0 aliphatic carbocycles. The van der Waals surface area contributed by atoms with Gasteiger partial charge in [0.05, 0.1) is 24.3 Å². The second kappa shape index (κ2) is 8.36. The number of hydrogen-bond acceptors (Lipinski definition) is 5. The van der Waals surface area contributed by atoms with Crippen LogP contribution in [0.5, 0.6) is 0 Å². The van der Waals surface area contributed by atoms with Crippen LogP contribution in [0.25, 0.3) is 11.3 Å². The van der Waals surface area contributed by atoms with E-state index in [-0.39, 0.29) is 29.8 Å². The van der Waals surface area contributed by atoms with E-state index in [9.17, 15) is 27.9 Å². The second-order valence-electron chi connectivity index (χ2n) is 7.33. The molecular formula is C20H18F3N5O4. The van der Waals surface area contributed by atoms with Crippen LogP contribution >= 0.6 is 0 Å². The Morgan fingerprint density at radius 3 is 2.78 bits per heavy atom. The molecule has 0 radical (unpaired) electrons. The molecule has 2 unspecified atom stereocenters. The topological polar surface area (TPSA) is 113 Å². The van der Waals surface area contributed by atoms with Gasteiger partial charge < -0.3 is 19.7 Å². The van der Waals surface area contributed by atoms with Gasteiger partial charge in [0.15, 0.2) is 5.76 Å². The number of carboxylic acid groups (broad SMARTS) is 1. The smallest absolute Gasteiger partial charge is 0.416 e. The fraction of sp³-hybridized carbons (Fsp3) is 0.300. The Bertz CT molecular complexity index is 1110. The first-order valence-corrected chi connectivity index (χ1v) is 9.62. The summed E-state index contributed by atoms with van der Waals surface area (Å²) in [5.74, 6) is -0.996. The van der Waals surface area contributed by atoms with Crippen LogP contribution < -0.4 is 5.32 Å². The molecule has 0 saturated carbocycles. The molecule has 1 fully saturated rings. The van der Waals surface area contributed by atoms with Crippen LogP contribution in [0.3, 0.4) is 0 Å². The molecule has 2 aromatic heterocycles. The van der Waals surface area contributed by atoms with Gasteiger partial charge in [0.25, 0.3) is 5.89 Å². The standard InChI is InChI=1S/C20H18F3N5O4/c21-20(22,23)13-4-1-3-12(7-13)16-9-24-18(32-16)17(29)26-14-8-15(28(10-14)19(30)31)11-27-6-2-5-25-27/h1-7,9,14-15H,8,10-11H2,(H,26,29)(H,30,31). The van der Waals surface area contributed by atoms with Crippen LogP contribution in [-0.2, 0) is 12.7 Å². The van der Waals surface area contributed by atoms with Crippen LogP contribution in [0.15, 0.2) is 53.3 Å². The molecule has 168 valence electrons. The Balaban J connectivity index is 1.44. The molecule has 2 amide bonds. The number of nitrogens with one attached hydrogen (secondary N) is 1. The van der Waals surface area contributed by atoms with Crippen molar-refractivity contribution in [1.29, 1.82) is 0 Å². The SMILES string of the molecule is O=C(NC1CC(Cn2cccn2)N(C(=O)O)C1)c1ncc(-c2cccc(C(F)(F)F)c2)o1. The number of halogens is 3. The summed E-state index contributed by atoms with van der Waals surface area (Å²) in [7, 11) is 0. The van der Waals surface area contributed by atoms with E-state index in [1.165, 1.54) is 23.2 Å². The zero-order valence-corrected chi connectivity index (χ0v) is 16.5. The molecule has 32 heavy (non-hydrogen) atoms. The van der Waals surface area contributed by atoms with E-state index >= 15 is 0 Å². The lowest BCUT2D eigenvalue weighted by Gasteiger charge is -2.20.